The van der Waals surface area contributed by atoms with E-state index in [1.807, 2.05) is 0 Å². The fourth-order valence-electron chi connectivity index (χ4n) is 3.46. The summed E-state index contributed by atoms with van der Waals surface area (Å²) in [4.78, 5) is 24.5. The van der Waals surface area contributed by atoms with E-state index in [2.05, 4.69) is 15.5 Å². The standard InChI is InChI=1S/C17H17FN4O4S/c18-11-9-10(5-6-13(11)22-7-2-8-27(22,25)26)19-17(24)16-15-12(20-21-16)3-1-4-14(15)23/h5-6,9H,1-4,7-8H2,(H,19,24)(H,20,21). The molecule has 0 unspecified atom stereocenters. The van der Waals surface area contributed by atoms with Crippen molar-refractivity contribution in [1.82, 2.24) is 10.2 Å². The Morgan fingerprint density at radius 2 is 2.07 bits per heavy atom. The summed E-state index contributed by atoms with van der Waals surface area (Å²) < 4.78 is 39.4. The quantitative estimate of drug-likeness (QED) is 0.828. The molecule has 0 spiro atoms. The molecule has 1 fully saturated rings. The molecule has 1 aromatic carbocycles. The summed E-state index contributed by atoms with van der Waals surface area (Å²) >= 11 is 0. The average molecular weight is 392 g/mol. The van der Waals surface area contributed by atoms with Gasteiger partial charge in [0.15, 0.2) is 11.5 Å². The molecule has 1 amide bonds. The monoisotopic (exact) mass is 392 g/mol. The summed E-state index contributed by atoms with van der Waals surface area (Å²) in [5.41, 5.74) is 1.02. The summed E-state index contributed by atoms with van der Waals surface area (Å²) in [6.45, 7) is 0.229. The van der Waals surface area contributed by atoms with E-state index < -0.39 is 21.7 Å². The number of H-pyrrole nitrogens is 1. The molecule has 1 aromatic heterocycles. The minimum absolute atomic E-state index is 0.0107. The van der Waals surface area contributed by atoms with Crippen LogP contribution >= 0.6 is 0 Å². The Morgan fingerprint density at radius 3 is 2.78 bits per heavy atom. The first-order valence-electron chi connectivity index (χ1n) is 8.58. The van der Waals surface area contributed by atoms with E-state index in [4.69, 9.17) is 0 Å². The maximum atomic E-state index is 14.4. The van der Waals surface area contributed by atoms with Crippen molar-refractivity contribution in [2.45, 2.75) is 25.7 Å². The summed E-state index contributed by atoms with van der Waals surface area (Å²) in [5.74, 6) is -1.53. The molecule has 10 heteroatoms. The zero-order valence-corrected chi connectivity index (χ0v) is 15.1. The second kappa shape index (κ2) is 6.45. The third kappa shape index (κ3) is 3.09. The van der Waals surface area contributed by atoms with Crippen LogP contribution < -0.4 is 9.62 Å². The van der Waals surface area contributed by atoms with E-state index >= 15 is 0 Å². The predicted molar refractivity (Wildman–Crippen MR) is 96.0 cm³/mol. The number of Topliss-reactive ketones (excluding diaryl/α,β-unsaturated/α-hetero) is 1. The lowest BCUT2D eigenvalue weighted by molar-refractivity contribution is 0.0955. The zero-order chi connectivity index (χ0) is 19.2. The maximum absolute atomic E-state index is 14.4. The lowest BCUT2D eigenvalue weighted by Gasteiger charge is -2.18. The molecule has 8 nitrogen and oxygen atoms in total. The highest BCUT2D eigenvalue weighted by molar-refractivity contribution is 7.93. The van der Waals surface area contributed by atoms with E-state index in [0.717, 1.165) is 10.4 Å². The van der Waals surface area contributed by atoms with Crippen LogP contribution in [0.1, 0.15) is 45.8 Å². The first kappa shape index (κ1) is 17.7. The van der Waals surface area contributed by atoms with Gasteiger partial charge in [-0.05, 0) is 37.5 Å². The summed E-state index contributed by atoms with van der Waals surface area (Å²) in [7, 11) is -3.50. The van der Waals surface area contributed by atoms with Crippen molar-refractivity contribution < 1.29 is 22.4 Å². The van der Waals surface area contributed by atoms with Crippen molar-refractivity contribution >= 4 is 33.1 Å². The summed E-state index contributed by atoms with van der Waals surface area (Å²) in [5, 5.41) is 9.15. The average Bonchev–Trinajstić information content (AvgIpc) is 3.19. The molecule has 0 radical (unpaired) electrons. The number of hydrogen-bond acceptors (Lipinski definition) is 5. The molecule has 0 atom stereocenters. The van der Waals surface area contributed by atoms with E-state index in [1.54, 1.807) is 0 Å². The van der Waals surface area contributed by atoms with Gasteiger partial charge in [-0.1, -0.05) is 0 Å². The molecule has 1 aliphatic carbocycles. The van der Waals surface area contributed by atoms with Gasteiger partial charge < -0.3 is 5.32 Å². The van der Waals surface area contributed by atoms with E-state index in [1.165, 1.54) is 12.1 Å². The van der Waals surface area contributed by atoms with Gasteiger partial charge in [-0.25, -0.2) is 12.8 Å². The predicted octanol–water partition coefficient (Wildman–Crippen LogP) is 1.86. The molecule has 4 rings (SSSR count). The highest BCUT2D eigenvalue weighted by atomic mass is 32.2. The van der Waals surface area contributed by atoms with Crippen LogP contribution in [-0.4, -0.2) is 42.6 Å². The molecule has 2 aromatic rings. The maximum Gasteiger partial charge on any atom is 0.276 e. The number of sulfonamides is 1. The van der Waals surface area contributed by atoms with Crippen molar-refractivity contribution in [2.75, 3.05) is 21.9 Å². The van der Waals surface area contributed by atoms with Gasteiger partial charge in [0.05, 0.1) is 17.0 Å². The summed E-state index contributed by atoms with van der Waals surface area (Å²) in [6.07, 6.45) is 2.16. The molecule has 27 heavy (non-hydrogen) atoms. The normalized spacial score (nSPS) is 18.4. The van der Waals surface area contributed by atoms with Crippen molar-refractivity contribution in [1.29, 1.82) is 0 Å². The second-order valence-corrected chi connectivity index (χ2v) is 8.58. The minimum atomic E-state index is -3.50. The van der Waals surface area contributed by atoms with E-state index in [0.29, 0.717) is 36.9 Å². The van der Waals surface area contributed by atoms with Crippen LogP contribution in [0.25, 0.3) is 0 Å². The van der Waals surface area contributed by atoms with Crippen LogP contribution in [0.3, 0.4) is 0 Å². The van der Waals surface area contributed by atoms with Gasteiger partial charge >= 0.3 is 0 Å². The first-order valence-corrected chi connectivity index (χ1v) is 10.2. The van der Waals surface area contributed by atoms with Crippen LogP contribution in [0.2, 0.25) is 0 Å². The number of hydrogen-bond donors (Lipinski definition) is 2. The number of aryl methyl sites for hydroxylation is 1. The Kier molecular flexibility index (Phi) is 4.22. The van der Waals surface area contributed by atoms with Gasteiger partial charge in [0, 0.05) is 24.3 Å². The Balaban J connectivity index is 1.57. The summed E-state index contributed by atoms with van der Waals surface area (Å²) in [6, 6.07) is 3.80. The molecular formula is C17H17FN4O4S. The first-order chi connectivity index (χ1) is 12.9. The molecule has 1 aliphatic heterocycles. The van der Waals surface area contributed by atoms with Crippen LogP contribution in [0.15, 0.2) is 18.2 Å². The van der Waals surface area contributed by atoms with Crippen LogP contribution in [0.4, 0.5) is 15.8 Å². The number of aromatic amines is 1. The number of halogens is 1. The number of benzene rings is 1. The number of ketones is 1. The fraction of sp³-hybridized carbons (Fsp3) is 0.353. The van der Waals surface area contributed by atoms with Gasteiger partial charge in [0.2, 0.25) is 10.0 Å². The largest absolute Gasteiger partial charge is 0.320 e. The molecule has 0 bridgehead atoms. The van der Waals surface area contributed by atoms with Gasteiger partial charge in [0.25, 0.3) is 5.91 Å². The lowest BCUT2D eigenvalue weighted by atomic mass is 9.94. The highest BCUT2D eigenvalue weighted by Crippen LogP contribution is 2.29. The third-order valence-electron chi connectivity index (χ3n) is 4.74. The SMILES string of the molecule is O=C(Nc1ccc(N2CCCS2(=O)=O)c(F)c1)c1n[nH]c2c1C(=O)CCC2. The molecule has 2 aliphatic rings. The third-order valence-corrected chi connectivity index (χ3v) is 6.59. The number of rotatable bonds is 3. The Bertz CT molecular complexity index is 1050. The van der Waals surface area contributed by atoms with Crippen molar-refractivity contribution in [3.63, 3.8) is 0 Å². The molecule has 0 saturated carbocycles. The number of anilines is 2. The fourth-order valence-corrected chi connectivity index (χ4v) is 5.03. The smallest absolute Gasteiger partial charge is 0.276 e. The molecule has 1 saturated heterocycles. The number of amides is 1. The van der Waals surface area contributed by atoms with Crippen LogP contribution in [0.5, 0.6) is 0 Å². The van der Waals surface area contributed by atoms with Gasteiger partial charge in [0.1, 0.15) is 5.82 Å². The van der Waals surface area contributed by atoms with Crippen molar-refractivity contribution in [3.05, 3.63) is 41.0 Å². The van der Waals surface area contributed by atoms with Gasteiger partial charge in [-0.2, -0.15) is 5.10 Å². The minimum Gasteiger partial charge on any atom is -0.320 e. The number of fused-ring (bicyclic) bond motifs is 1. The number of nitrogens with one attached hydrogen (secondary N) is 2. The topological polar surface area (TPSA) is 112 Å². The lowest BCUT2D eigenvalue weighted by Crippen LogP contribution is -2.26. The molecule has 2 N–H and O–H groups in total. The van der Waals surface area contributed by atoms with Crippen molar-refractivity contribution in [2.24, 2.45) is 0 Å². The molecule has 142 valence electrons. The van der Waals surface area contributed by atoms with Gasteiger partial charge in [-0.15, -0.1) is 0 Å². The van der Waals surface area contributed by atoms with Crippen molar-refractivity contribution in [3.8, 4) is 0 Å². The van der Waals surface area contributed by atoms with Gasteiger partial charge in [-0.3, -0.25) is 19.0 Å². The second-order valence-electron chi connectivity index (χ2n) is 6.56. The van der Waals surface area contributed by atoms with Crippen LogP contribution in [0, 0.1) is 5.82 Å². The van der Waals surface area contributed by atoms with E-state index in [9.17, 15) is 22.4 Å². The molecular weight excluding hydrogens is 375 g/mol. The van der Waals surface area contributed by atoms with E-state index in [-0.39, 0.29) is 35.1 Å². The number of aromatic nitrogens is 2. The Labute approximate surface area is 154 Å². The number of nitrogens with zero attached hydrogens (tertiary/aromatic N) is 2. The number of carbonyl (C=O) groups is 2. The zero-order valence-electron chi connectivity index (χ0n) is 14.3. The highest BCUT2D eigenvalue weighted by Gasteiger charge is 2.31. The Hall–Kier alpha value is -2.75. The molecule has 2 heterocycles. The Morgan fingerprint density at radius 1 is 1.26 bits per heavy atom. The number of carbonyl (C=O) groups excluding carboxylic acids is 2. The van der Waals surface area contributed by atoms with Crippen LogP contribution in [-0.2, 0) is 16.4 Å².